The van der Waals surface area contributed by atoms with E-state index in [2.05, 4.69) is 0 Å². The van der Waals surface area contributed by atoms with Gasteiger partial charge in [-0.15, -0.1) is 0 Å². The number of benzene rings is 1. The number of aliphatic hydroxyl groups excluding tert-OH is 2. The molecule has 8 nitrogen and oxygen atoms in total. The van der Waals surface area contributed by atoms with E-state index in [1.54, 1.807) is 4.90 Å². The van der Waals surface area contributed by atoms with Gasteiger partial charge in [-0.1, -0.05) is 12.1 Å². The maximum Gasteiger partial charge on any atom is 0.417 e. The Labute approximate surface area is 211 Å². The Balaban J connectivity index is 1.38. The van der Waals surface area contributed by atoms with Crippen LogP contribution in [0.2, 0.25) is 0 Å². The first-order chi connectivity index (χ1) is 17.7. The van der Waals surface area contributed by atoms with Crippen LogP contribution in [0.5, 0.6) is 0 Å². The Morgan fingerprint density at radius 1 is 0.973 bits per heavy atom. The van der Waals surface area contributed by atoms with Crippen molar-refractivity contribution in [3.8, 4) is 0 Å². The third-order valence-corrected chi connectivity index (χ3v) is 7.54. The van der Waals surface area contributed by atoms with E-state index >= 15 is 0 Å². The Morgan fingerprint density at radius 3 is 2.38 bits per heavy atom. The van der Waals surface area contributed by atoms with Gasteiger partial charge in [0, 0.05) is 45.0 Å². The van der Waals surface area contributed by atoms with Crippen molar-refractivity contribution in [1.29, 1.82) is 0 Å². The van der Waals surface area contributed by atoms with Crippen molar-refractivity contribution >= 4 is 23.2 Å². The summed E-state index contributed by atoms with van der Waals surface area (Å²) in [6, 6.07) is 8.39. The minimum absolute atomic E-state index is 0.335. The molecule has 3 aromatic rings. The van der Waals surface area contributed by atoms with Crippen LogP contribution in [0.3, 0.4) is 0 Å². The molecule has 11 heteroatoms. The number of amides is 1. The van der Waals surface area contributed by atoms with Gasteiger partial charge in [-0.25, -0.2) is 4.98 Å². The molecular weight excluding hydrogens is 487 g/mol. The van der Waals surface area contributed by atoms with Crippen LogP contribution >= 0.6 is 0 Å². The zero-order chi connectivity index (χ0) is 25.9. The Kier molecular flexibility index (Phi) is 5.79. The first-order valence-corrected chi connectivity index (χ1v) is 12.6. The summed E-state index contributed by atoms with van der Waals surface area (Å²) in [5, 5.41) is 19.6. The first-order valence-electron chi connectivity index (χ1n) is 12.6. The molecule has 0 saturated carbocycles. The fourth-order valence-electron chi connectivity index (χ4n) is 5.54. The first kappa shape index (κ1) is 24.1. The predicted molar refractivity (Wildman–Crippen MR) is 131 cm³/mol. The number of β-amino-alcohol motifs (C(OH)–C–C–N with tert-alkyl or cyclic N) is 2. The minimum Gasteiger partial charge on any atom is -0.389 e. The Hall–Kier alpha value is -3.31. The molecule has 3 aliphatic rings. The summed E-state index contributed by atoms with van der Waals surface area (Å²) < 4.78 is 42.9. The number of rotatable bonds is 4. The quantitative estimate of drug-likeness (QED) is 0.556. The molecule has 0 unspecified atom stereocenters. The zero-order valence-electron chi connectivity index (χ0n) is 20.1. The molecule has 1 atom stereocenters. The minimum atomic E-state index is -4.62. The summed E-state index contributed by atoms with van der Waals surface area (Å²) in [6.07, 6.45) is -1.30. The molecule has 1 amide bonds. The van der Waals surface area contributed by atoms with E-state index in [-0.39, 0.29) is 11.6 Å². The number of likely N-dealkylation sites (tertiary alicyclic amines) is 1. The van der Waals surface area contributed by atoms with E-state index in [0.29, 0.717) is 44.8 Å². The molecule has 37 heavy (non-hydrogen) atoms. The summed E-state index contributed by atoms with van der Waals surface area (Å²) in [6.45, 7) is 2.32. The van der Waals surface area contributed by atoms with E-state index in [0.717, 1.165) is 36.1 Å². The average Bonchev–Trinajstić information content (AvgIpc) is 3.27. The standard InChI is InChI=1S/C26H28F3N5O3/c27-26(28,29)20-6-2-1-5-19(20)25(37)33-8-4-3-7-21(33)16-9-23-30-22(31-12-17(35)13-31)10-24(34(23)11-16)32-14-18(36)15-32/h1-2,5-6,9-11,17-18,21,35-36H,3-4,7-8,12-15H2/t21-/m0/s1. The number of alkyl halides is 3. The smallest absolute Gasteiger partial charge is 0.389 e. The van der Waals surface area contributed by atoms with Gasteiger partial charge in [-0.3, -0.25) is 9.20 Å². The summed E-state index contributed by atoms with van der Waals surface area (Å²) in [4.78, 5) is 23.8. The lowest BCUT2D eigenvalue weighted by Gasteiger charge is -2.40. The lowest BCUT2D eigenvalue weighted by molar-refractivity contribution is -0.138. The van der Waals surface area contributed by atoms with E-state index in [9.17, 15) is 28.2 Å². The highest BCUT2D eigenvalue weighted by Gasteiger charge is 2.38. The van der Waals surface area contributed by atoms with Gasteiger partial charge in [0.2, 0.25) is 0 Å². The highest BCUT2D eigenvalue weighted by molar-refractivity contribution is 5.96. The normalized spacial score (nSPS) is 21.3. The van der Waals surface area contributed by atoms with Crippen LogP contribution in [0.15, 0.2) is 42.6 Å². The molecule has 2 N–H and O–H groups in total. The molecule has 5 heterocycles. The van der Waals surface area contributed by atoms with Gasteiger partial charge in [0.1, 0.15) is 17.3 Å². The molecule has 2 aromatic heterocycles. The van der Waals surface area contributed by atoms with Crippen LogP contribution in [-0.4, -0.2) is 75.3 Å². The van der Waals surface area contributed by atoms with Crippen molar-refractivity contribution < 1.29 is 28.2 Å². The van der Waals surface area contributed by atoms with Gasteiger partial charge < -0.3 is 24.9 Å². The van der Waals surface area contributed by atoms with Crippen molar-refractivity contribution in [2.24, 2.45) is 0 Å². The van der Waals surface area contributed by atoms with Crippen LogP contribution in [0, 0.1) is 0 Å². The van der Waals surface area contributed by atoms with Crippen LogP contribution in [0.25, 0.3) is 5.65 Å². The predicted octanol–water partition coefficient (Wildman–Crippen LogP) is 3.08. The Bertz CT molecular complexity index is 1330. The fraction of sp³-hybridized carbons (Fsp3) is 0.462. The number of halogens is 3. The van der Waals surface area contributed by atoms with Gasteiger partial charge in [-0.2, -0.15) is 13.2 Å². The second-order valence-electron chi connectivity index (χ2n) is 10.1. The largest absolute Gasteiger partial charge is 0.417 e. The molecule has 3 aliphatic heterocycles. The van der Waals surface area contributed by atoms with Gasteiger partial charge in [0.05, 0.1) is 29.4 Å². The number of aromatic nitrogens is 2. The molecule has 1 aromatic carbocycles. The zero-order valence-corrected chi connectivity index (χ0v) is 20.1. The van der Waals surface area contributed by atoms with Gasteiger partial charge in [0.15, 0.2) is 0 Å². The number of piperidine rings is 1. The molecule has 196 valence electrons. The number of anilines is 2. The van der Waals surface area contributed by atoms with Crippen LogP contribution in [0.4, 0.5) is 24.8 Å². The maximum atomic E-state index is 13.7. The molecule has 0 spiro atoms. The van der Waals surface area contributed by atoms with Gasteiger partial charge in [-0.05, 0) is 43.0 Å². The molecule has 0 bridgehead atoms. The third kappa shape index (κ3) is 4.29. The van der Waals surface area contributed by atoms with E-state index in [1.165, 1.54) is 18.2 Å². The van der Waals surface area contributed by atoms with Crippen LogP contribution in [0.1, 0.15) is 46.8 Å². The van der Waals surface area contributed by atoms with Crippen molar-refractivity contribution in [1.82, 2.24) is 14.3 Å². The fourth-order valence-corrected chi connectivity index (χ4v) is 5.54. The lowest BCUT2D eigenvalue weighted by Crippen LogP contribution is -2.52. The van der Waals surface area contributed by atoms with Gasteiger partial charge in [0.25, 0.3) is 5.91 Å². The summed E-state index contributed by atoms with van der Waals surface area (Å²) in [5.41, 5.74) is 0.206. The van der Waals surface area contributed by atoms with E-state index in [4.69, 9.17) is 4.98 Å². The second kappa shape index (κ2) is 8.91. The number of carbonyl (C=O) groups excluding carboxylic acids is 1. The van der Waals surface area contributed by atoms with Crippen molar-refractivity contribution in [2.75, 3.05) is 42.5 Å². The van der Waals surface area contributed by atoms with Gasteiger partial charge >= 0.3 is 6.18 Å². The number of carbonyl (C=O) groups is 1. The molecule has 0 radical (unpaired) electrons. The maximum absolute atomic E-state index is 13.7. The summed E-state index contributed by atoms with van der Waals surface area (Å²) in [7, 11) is 0. The topological polar surface area (TPSA) is 84.5 Å². The Morgan fingerprint density at radius 2 is 1.68 bits per heavy atom. The number of aliphatic hydroxyl groups is 2. The van der Waals surface area contributed by atoms with Crippen molar-refractivity contribution in [2.45, 2.75) is 43.7 Å². The van der Waals surface area contributed by atoms with Crippen molar-refractivity contribution in [3.05, 3.63) is 59.3 Å². The lowest BCUT2D eigenvalue weighted by atomic mass is 9.95. The monoisotopic (exact) mass is 515 g/mol. The molecular formula is C26H28F3N5O3. The molecule has 3 fully saturated rings. The molecule has 3 saturated heterocycles. The van der Waals surface area contributed by atoms with E-state index in [1.807, 2.05) is 32.5 Å². The SMILES string of the molecule is O=C(c1ccccc1C(F)(F)F)N1CCCC[C@H]1c1cc2nc(N3CC(O)C3)cc(N3CC(O)C3)n2c1. The third-order valence-electron chi connectivity index (χ3n) is 7.54. The highest BCUT2D eigenvalue weighted by Crippen LogP contribution is 2.38. The number of fused-ring (bicyclic) bond motifs is 1. The number of hydrogen-bond acceptors (Lipinski definition) is 6. The van der Waals surface area contributed by atoms with E-state index < -0.39 is 29.9 Å². The average molecular weight is 516 g/mol. The number of nitrogens with zero attached hydrogens (tertiary/aromatic N) is 5. The second-order valence-corrected chi connectivity index (χ2v) is 10.1. The highest BCUT2D eigenvalue weighted by atomic mass is 19.4. The summed E-state index contributed by atoms with van der Waals surface area (Å²) >= 11 is 0. The molecule has 0 aliphatic carbocycles. The molecule has 6 rings (SSSR count). The number of hydrogen-bond donors (Lipinski definition) is 2. The van der Waals surface area contributed by atoms with Crippen LogP contribution < -0.4 is 9.80 Å². The van der Waals surface area contributed by atoms with Crippen molar-refractivity contribution in [3.63, 3.8) is 0 Å². The summed E-state index contributed by atoms with van der Waals surface area (Å²) in [5.74, 6) is 0.936. The van der Waals surface area contributed by atoms with Crippen LogP contribution in [-0.2, 0) is 6.18 Å².